The van der Waals surface area contributed by atoms with E-state index in [1.807, 2.05) is 41.8 Å². The number of nitrogens with zero attached hydrogens (tertiary/aromatic N) is 5. The van der Waals surface area contributed by atoms with E-state index in [0.29, 0.717) is 23.7 Å². The zero-order valence-corrected chi connectivity index (χ0v) is 17.6. The Morgan fingerprint density at radius 3 is 2.87 bits per heavy atom. The van der Waals surface area contributed by atoms with E-state index in [-0.39, 0.29) is 12.1 Å². The molecule has 0 radical (unpaired) electrons. The summed E-state index contributed by atoms with van der Waals surface area (Å²) in [5, 5.41) is 10.5. The van der Waals surface area contributed by atoms with Crippen molar-refractivity contribution in [2.45, 2.75) is 19.4 Å². The lowest BCUT2D eigenvalue weighted by Crippen LogP contribution is -2.22. The predicted molar refractivity (Wildman–Crippen MR) is 117 cm³/mol. The number of rotatable bonds is 7. The third-order valence-corrected chi connectivity index (χ3v) is 5.89. The molecule has 4 heterocycles. The van der Waals surface area contributed by atoms with Crippen LogP contribution in [0.5, 0.6) is 5.75 Å². The molecular formula is C22H19N5O3S. The molecule has 0 saturated heterocycles. The third kappa shape index (κ3) is 3.87. The maximum Gasteiger partial charge on any atom is 0.277 e. The van der Waals surface area contributed by atoms with Crippen molar-refractivity contribution >= 4 is 16.9 Å². The zero-order valence-electron chi connectivity index (χ0n) is 16.8. The van der Waals surface area contributed by atoms with Gasteiger partial charge >= 0.3 is 0 Å². The number of para-hydroxylation sites is 1. The van der Waals surface area contributed by atoms with Crippen LogP contribution in [0, 0.1) is 0 Å². The third-order valence-electron chi connectivity index (χ3n) is 5.00. The van der Waals surface area contributed by atoms with Gasteiger partial charge in [-0.2, -0.15) is 10.1 Å². The second-order valence-corrected chi connectivity index (χ2v) is 7.93. The van der Waals surface area contributed by atoms with Gasteiger partial charge in [-0.05, 0) is 35.6 Å². The Balaban J connectivity index is 1.33. The fraction of sp³-hybridized carbons (Fsp3) is 0.182. The highest BCUT2D eigenvalue weighted by Crippen LogP contribution is 2.23. The number of fused-ring (bicyclic) bond motifs is 1. The van der Waals surface area contributed by atoms with Crippen LogP contribution in [0.15, 0.2) is 69.6 Å². The van der Waals surface area contributed by atoms with Crippen molar-refractivity contribution in [1.29, 1.82) is 0 Å². The topological polar surface area (TPSA) is 87.5 Å². The minimum Gasteiger partial charge on any atom is -0.496 e. The van der Waals surface area contributed by atoms with Gasteiger partial charge in [0.15, 0.2) is 5.82 Å². The summed E-state index contributed by atoms with van der Waals surface area (Å²) in [6, 6.07) is 13.6. The van der Waals surface area contributed by atoms with Crippen molar-refractivity contribution in [3.8, 4) is 16.3 Å². The molecular weight excluding hydrogens is 414 g/mol. The molecule has 0 aliphatic heterocycles. The van der Waals surface area contributed by atoms with Crippen molar-refractivity contribution in [3.63, 3.8) is 0 Å². The molecule has 0 N–H and O–H groups in total. The Morgan fingerprint density at radius 2 is 2.03 bits per heavy atom. The van der Waals surface area contributed by atoms with Gasteiger partial charge in [0, 0.05) is 18.8 Å². The molecule has 0 unspecified atom stereocenters. The fourth-order valence-electron chi connectivity index (χ4n) is 3.45. The maximum absolute atomic E-state index is 12.9. The molecule has 156 valence electrons. The average Bonchev–Trinajstić information content (AvgIpc) is 3.55. The maximum atomic E-state index is 12.9. The summed E-state index contributed by atoms with van der Waals surface area (Å²) in [6.07, 6.45) is 4.76. The van der Waals surface area contributed by atoms with Crippen LogP contribution in [0.2, 0.25) is 0 Å². The number of hydrogen-bond donors (Lipinski definition) is 0. The van der Waals surface area contributed by atoms with Gasteiger partial charge in [-0.25, -0.2) is 4.52 Å². The summed E-state index contributed by atoms with van der Waals surface area (Å²) in [5.74, 6) is 1.82. The second kappa shape index (κ2) is 8.19. The summed E-state index contributed by atoms with van der Waals surface area (Å²) in [7, 11) is 1.65. The number of thiophene rings is 1. The van der Waals surface area contributed by atoms with Crippen LogP contribution in [-0.2, 0) is 19.4 Å². The standard InChI is InChI=1S/C22H19N5O3S/c1-29-18-6-3-2-5-15(18)8-9-21-23-20(25-30-21)14-26-10-11-27-17(22(26)28)13-16(24-27)19-7-4-12-31-19/h2-7,10-13H,8-9,14H2,1H3. The van der Waals surface area contributed by atoms with Crippen LogP contribution in [0.3, 0.4) is 0 Å². The molecule has 0 amide bonds. The van der Waals surface area contributed by atoms with Gasteiger partial charge in [-0.15, -0.1) is 11.3 Å². The smallest absolute Gasteiger partial charge is 0.277 e. The largest absolute Gasteiger partial charge is 0.496 e. The Kier molecular flexibility index (Phi) is 5.09. The minimum atomic E-state index is -0.154. The van der Waals surface area contributed by atoms with Crippen molar-refractivity contribution < 1.29 is 9.26 Å². The van der Waals surface area contributed by atoms with Gasteiger partial charge in [0.2, 0.25) is 5.89 Å². The Bertz CT molecular complexity index is 1380. The van der Waals surface area contributed by atoms with E-state index >= 15 is 0 Å². The summed E-state index contributed by atoms with van der Waals surface area (Å²) in [5.41, 5.74) is 2.21. The number of hydrogen-bond acceptors (Lipinski definition) is 7. The van der Waals surface area contributed by atoms with Gasteiger partial charge in [0.1, 0.15) is 17.0 Å². The van der Waals surface area contributed by atoms with Gasteiger partial charge in [0.25, 0.3) is 5.56 Å². The minimum absolute atomic E-state index is 0.154. The molecule has 0 aliphatic rings. The highest BCUT2D eigenvalue weighted by molar-refractivity contribution is 7.13. The quantitative estimate of drug-likeness (QED) is 0.391. The van der Waals surface area contributed by atoms with E-state index in [0.717, 1.165) is 28.3 Å². The van der Waals surface area contributed by atoms with Gasteiger partial charge < -0.3 is 13.8 Å². The SMILES string of the molecule is COc1ccccc1CCc1nc(Cn2ccn3nc(-c4cccs4)cc3c2=O)no1. The van der Waals surface area contributed by atoms with Crippen LogP contribution >= 0.6 is 11.3 Å². The Morgan fingerprint density at radius 1 is 1.13 bits per heavy atom. The van der Waals surface area contributed by atoms with E-state index in [2.05, 4.69) is 15.2 Å². The molecule has 0 saturated carbocycles. The van der Waals surface area contributed by atoms with Crippen LogP contribution < -0.4 is 10.3 Å². The fourth-order valence-corrected chi connectivity index (χ4v) is 4.14. The summed E-state index contributed by atoms with van der Waals surface area (Å²) in [6.45, 7) is 0.229. The Hall–Kier alpha value is -3.72. The summed E-state index contributed by atoms with van der Waals surface area (Å²) in [4.78, 5) is 18.4. The molecule has 0 spiro atoms. The molecule has 0 aliphatic carbocycles. The Labute approximate surface area is 181 Å². The average molecular weight is 433 g/mol. The molecule has 0 bridgehead atoms. The number of aromatic nitrogens is 5. The van der Waals surface area contributed by atoms with Crippen LogP contribution in [0.4, 0.5) is 0 Å². The van der Waals surface area contributed by atoms with E-state index in [1.54, 1.807) is 46.0 Å². The number of methoxy groups -OCH3 is 1. The first kappa shape index (κ1) is 19.3. The van der Waals surface area contributed by atoms with E-state index < -0.39 is 0 Å². The number of ether oxygens (including phenoxy) is 1. The number of aryl methyl sites for hydroxylation is 2. The van der Waals surface area contributed by atoms with E-state index in [4.69, 9.17) is 9.26 Å². The lowest BCUT2D eigenvalue weighted by atomic mass is 10.1. The highest BCUT2D eigenvalue weighted by atomic mass is 32.1. The van der Waals surface area contributed by atoms with E-state index in [1.165, 1.54) is 0 Å². The molecule has 5 aromatic rings. The van der Waals surface area contributed by atoms with Crippen molar-refractivity contribution in [3.05, 3.63) is 87.9 Å². The highest BCUT2D eigenvalue weighted by Gasteiger charge is 2.13. The first-order valence-corrected chi connectivity index (χ1v) is 10.7. The summed E-state index contributed by atoms with van der Waals surface area (Å²) < 4.78 is 13.9. The van der Waals surface area contributed by atoms with Crippen molar-refractivity contribution in [1.82, 2.24) is 24.3 Å². The molecule has 0 atom stereocenters. The lowest BCUT2D eigenvalue weighted by Gasteiger charge is -2.06. The van der Waals surface area contributed by atoms with Crippen LogP contribution in [0.1, 0.15) is 17.3 Å². The van der Waals surface area contributed by atoms with Crippen LogP contribution in [0.25, 0.3) is 16.1 Å². The van der Waals surface area contributed by atoms with Gasteiger partial charge in [-0.1, -0.05) is 29.4 Å². The zero-order chi connectivity index (χ0) is 21.2. The second-order valence-electron chi connectivity index (χ2n) is 6.98. The van der Waals surface area contributed by atoms with Crippen molar-refractivity contribution in [2.75, 3.05) is 7.11 Å². The van der Waals surface area contributed by atoms with Crippen LogP contribution in [-0.4, -0.2) is 31.4 Å². The molecule has 1 aromatic carbocycles. The lowest BCUT2D eigenvalue weighted by molar-refractivity contribution is 0.370. The monoisotopic (exact) mass is 433 g/mol. The molecule has 8 nitrogen and oxygen atoms in total. The first-order chi connectivity index (χ1) is 15.2. The van der Waals surface area contributed by atoms with Gasteiger partial charge in [0.05, 0.1) is 18.5 Å². The summed E-state index contributed by atoms with van der Waals surface area (Å²) >= 11 is 1.59. The number of benzene rings is 1. The molecule has 5 rings (SSSR count). The van der Waals surface area contributed by atoms with Gasteiger partial charge in [-0.3, -0.25) is 4.79 Å². The molecule has 4 aromatic heterocycles. The van der Waals surface area contributed by atoms with E-state index in [9.17, 15) is 4.79 Å². The normalized spacial score (nSPS) is 11.3. The molecule has 0 fully saturated rings. The molecule has 31 heavy (non-hydrogen) atoms. The predicted octanol–water partition coefficient (Wildman–Crippen LogP) is 3.45. The van der Waals surface area contributed by atoms with Crippen molar-refractivity contribution in [2.24, 2.45) is 0 Å². The molecule has 9 heteroatoms. The first-order valence-electron chi connectivity index (χ1n) is 9.77.